The van der Waals surface area contributed by atoms with Crippen LogP contribution >= 0.6 is 11.3 Å². The number of hydrogen-bond acceptors (Lipinski definition) is 4. The zero-order valence-corrected chi connectivity index (χ0v) is 11.9. The fourth-order valence-electron chi connectivity index (χ4n) is 2.37. The molecule has 2 rings (SSSR count). The van der Waals surface area contributed by atoms with Crippen LogP contribution in [0.3, 0.4) is 0 Å². The van der Waals surface area contributed by atoms with Crippen molar-refractivity contribution in [1.29, 1.82) is 0 Å². The minimum Gasteiger partial charge on any atom is -0.343 e. The zero-order valence-electron chi connectivity index (χ0n) is 11.1. The molecule has 1 saturated heterocycles. The summed E-state index contributed by atoms with van der Waals surface area (Å²) in [5.74, 6) is -0.221. The Morgan fingerprint density at radius 1 is 1.63 bits per heavy atom. The largest absolute Gasteiger partial charge is 0.343 e. The fraction of sp³-hybridized carbons (Fsp3) is 0.462. The van der Waals surface area contributed by atoms with Gasteiger partial charge < -0.3 is 10.2 Å². The van der Waals surface area contributed by atoms with Crippen molar-refractivity contribution in [1.82, 2.24) is 15.2 Å². The van der Waals surface area contributed by atoms with E-state index in [0.717, 1.165) is 10.7 Å². The van der Waals surface area contributed by atoms with E-state index >= 15 is 0 Å². The van der Waals surface area contributed by atoms with Gasteiger partial charge >= 0.3 is 0 Å². The van der Waals surface area contributed by atoms with E-state index in [1.165, 1.54) is 24.3 Å². The summed E-state index contributed by atoms with van der Waals surface area (Å²) in [6.45, 7) is 7.95. The fourth-order valence-corrected chi connectivity index (χ4v) is 3.34. The van der Waals surface area contributed by atoms with Gasteiger partial charge in [-0.25, -0.2) is 4.98 Å². The number of amides is 2. The van der Waals surface area contributed by atoms with E-state index in [0.29, 0.717) is 19.5 Å². The zero-order chi connectivity index (χ0) is 14.0. The summed E-state index contributed by atoms with van der Waals surface area (Å²) >= 11 is 1.52. The molecular weight excluding hydrogens is 262 g/mol. The Labute approximate surface area is 116 Å². The Morgan fingerprint density at radius 2 is 2.37 bits per heavy atom. The van der Waals surface area contributed by atoms with Gasteiger partial charge in [-0.2, -0.15) is 0 Å². The predicted molar refractivity (Wildman–Crippen MR) is 73.7 cm³/mol. The molecule has 1 aliphatic rings. The second-order valence-corrected chi connectivity index (χ2v) is 5.63. The number of thiazole rings is 1. The molecule has 0 aromatic carbocycles. The number of rotatable bonds is 3. The molecule has 2 heterocycles. The maximum atomic E-state index is 11.7. The van der Waals surface area contributed by atoms with E-state index < -0.39 is 5.54 Å². The first kappa shape index (κ1) is 13.7. The molecule has 1 unspecified atom stereocenters. The van der Waals surface area contributed by atoms with Gasteiger partial charge in [0.25, 0.3) is 0 Å². The molecule has 102 valence electrons. The van der Waals surface area contributed by atoms with Gasteiger partial charge in [-0.1, -0.05) is 6.58 Å². The minimum absolute atomic E-state index is 0.110. The highest BCUT2D eigenvalue weighted by molar-refractivity contribution is 7.09. The van der Waals surface area contributed by atoms with Crippen molar-refractivity contribution in [3.05, 3.63) is 28.7 Å². The normalized spacial score (nSPS) is 22.3. The van der Waals surface area contributed by atoms with Crippen LogP contribution in [0.15, 0.2) is 18.0 Å². The Hall–Kier alpha value is -1.69. The first-order valence-electron chi connectivity index (χ1n) is 6.09. The third kappa shape index (κ3) is 2.68. The van der Waals surface area contributed by atoms with E-state index in [4.69, 9.17) is 0 Å². The SMILES string of the molecule is C=CC(=O)N1CCC(NC(C)=O)(c2nc(C)cs2)C1. The maximum absolute atomic E-state index is 11.7. The van der Waals surface area contributed by atoms with Crippen LogP contribution in [0.2, 0.25) is 0 Å². The molecular formula is C13H17N3O2S. The second-order valence-electron chi connectivity index (χ2n) is 4.77. The topological polar surface area (TPSA) is 62.3 Å². The monoisotopic (exact) mass is 279 g/mol. The summed E-state index contributed by atoms with van der Waals surface area (Å²) in [7, 11) is 0. The molecule has 19 heavy (non-hydrogen) atoms. The maximum Gasteiger partial charge on any atom is 0.246 e. The lowest BCUT2D eigenvalue weighted by atomic mass is 9.99. The Bertz CT molecular complexity index is 526. The van der Waals surface area contributed by atoms with E-state index in [-0.39, 0.29) is 11.8 Å². The Morgan fingerprint density at radius 3 is 2.89 bits per heavy atom. The lowest BCUT2D eigenvalue weighted by Crippen LogP contribution is -2.47. The molecule has 0 aliphatic carbocycles. The molecule has 6 heteroatoms. The van der Waals surface area contributed by atoms with Gasteiger partial charge in [0, 0.05) is 24.5 Å². The highest BCUT2D eigenvalue weighted by Gasteiger charge is 2.43. The van der Waals surface area contributed by atoms with Gasteiger partial charge in [-0.05, 0) is 19.4 Å². The molecule has 1 aromatic rings. The number of aromatic nitrogens is 1. The molecule has 0 bridgehead atoms. The molecule has 1 aliphatic heterocycles. The first-order chi connectivity index (χ1) is 8.97. The van der Waals surface area contributed by atoms with Gasteiger partial charge in [0.15, 0.2) is 0 Å². The number of hydrogen-bond donors (Lipinski definition) is 1. The highest BCUT2D eigenvalue weighted by atomic mass is 32.1. The summed E-state index contributed by atoms with van der Waals surface area (Å²) in [6, 6.07) is 0. The van der Waals surface area contributed by atoms with Crippen LogP contribution in [0.1, 0.15) is 24.0 Å². The van der Waals surface area contributed by atoms with Gasteiger partial charge in [-0.15, -0.1) is 11.3 Å². The van der Waals surface area contributed by atoms with Gasteiger partial charge in [0.1, 0.15) is 10.5 Å². The van der Waals surface area contributed by atoms with Crippen LogP contribution in [-0.4, -0.2) is 34.8 Å². The standard InChI is InChI=1S/C13H17N3O2S/c1-4-11(18)16-6-5-13(8-16,15-10(3)17)12-14-9(2)7-19-12/h4,7H,1,5-6,8H2,2-3H3,(H,15,17). The van der Waals surface area contributed by atoms with Crippen molar-refractivity contribution in [2.75, 3.05) is 13.1 Å². The van der Waals surface area contributed by atoms with Crippen LogP contribution in [0.5, 0.6) is 0 Å². The molecule has 5 nitrogen and oxygen atoms in total. The highest BCUT2D eigenvalue weighted by Crippen LogP contribution is 2.34. The van der Waals surface area contributed by atoms with E-state index in [1.807, 2.05) is 12.3 Å². The number of carbonyl (C=O) groups is 2. The molecule has 1 N–H and O–H groups in total. The van der Waals surface area contributed by atoms with Crippen molar-refractivity contribution in [3.63, 3.8) is 0 Å². The van der Waals surface area contributed by atoms with Gasteiger partial charge in [-0.3, -0.25) is 9.59 Å². The van der Waals surface area contributed by atoms with Crippen molar-refractivity contribution < 1.29 is 9.59 Å². The summed E-state index contributed by atoms with van der Waals surface area (Å²) < 4.78 is 0. The van der Waals surface area contributed by atoms with Crippen molar-refractivity contribution in [2.24, 2.45) is 0 Å². The van der Waals surface area contributed by atoms with Crippen molar-refractivity contribution in [2.45, 2.75) is 25.8 Å². The van der Waals surface area contributed by atoms with Crippen LogP contribution in [0.4, 0.5) is 0 Å². The third-order valence-corrected chi connectivity index (χ3v) is 4.36. The average molecular weight is 279 g/mol. The van der Waals surface area contributed by atoms with Crippen LogP contribution in [-0.2, 0) is 15.1 Å². The smallest absolute Gasteiger partial charge is 0.246 e. The minimum atomic E-state index is -0.552. The van der Waals surface area contributed by atoms with Gasteiger partial charge in [0.05, 0.1) is 6.54 Å². The van der Waals surface area contributed by atoms with Crippen molar-refractivity contribution >= 4 is 23.2 Å². The summed E-state index contributed by atoms with van der Waals surface area (Å²) in [5.41, 5.74) is 0.377. The number of carbonyl (C=O) groups excluding carboxylic acids is 2. The molecule has 1 atom stereocenters. The summed E-state index contributed by atoms with van der Waals surface area (Å²) in [4.78, 5) is 29.3. The van der Waals surface area contributed by atoms with Crippen LogP contribution < -0.4 is 5.32 Å². The van der Waals surface area contributed by atoms with Crippen molar-refractivity contribution in [3.8, 4) is 0 Å². The van der Waals surface area contributed by atoms with E-state index in [1.54, 1.807) is 4.90 Å². The predicted octanol–water partition coefficient (Wildman–Crippen LogP) is 1.20. The molecule has 1 aromatic heterocycles. The van der Waals surface area contributed by atoms with E-state index in [9.17, 15) is 9.59 Å². The Balaban J connectivity index is 2.30. The molecule has 0 radical (unpaired) electrons. The Kier molecular flexibility index (Phi) is 3.71. The third-order valence-electron chi connectivity index (χ3n) is 3.20. The van der Waals surface area contributed by atoms with E-state index in [2.05, 4.69) is 16.9 Å². The lowest BCUT2D eigenvalue weighted by Gasteiger charge is -2.27. The number of nitrogens with one attached hydrogen (secondary N) is 1. The summed E-state index contributed by atoms with van der Waals surface area (Å²) in [5, 5.41) is 5.79. The van der Waals surface area contributed by atoms with Gasteiger partial charge in [0.2, 0.25) is 11.8 Å². The molecule has 0 saturated carbocycles. The first-order valence-corrected chi connectivity index (χ1v) is 6.97. The quantitative estimate of drug-likeness (QED) is 0.846. The molecule has 2 amide bonds. The second kappa shape index (κ2) is 5.13. The number of likely N-dealkylation sites (tertiary alicyclic amines) is 1. The summed E-state index contributed by atoms with van der Waals surface area (Å²) in [6.07, 6.45) is 1.98. The molecule has 0 spiro atoms. The van der Waals surface area contributed by atoms with Crippen LogP contribution in [0.25, 0.3) is 0 Å². The number of aryl methyl sites for hydroxylation is 1. The lowest BCUT2D eigenvalue weighted by molar-refractivity contribution is -0.126. The molecule has 1 fully saturated rings. The van der Waals surface area contributed by atoms with Crippen LogP contribution in [0, 0.1) is 6.92 Å². The average Bonchev–Trinajstić information content (AvgIpc) is 2.95. The number of nitrogens with zero attached hydrogens (tertiary/aromatic N) is 2.